The molecule has 0 saturated heterocycles. The summed E-state index contributed by atoms with van der Waals surface area (Å²) in [5.41, 5.74) is 2.90. The molecule has 1 aromatic carbocycles. The first-order valence-electron chi connectivity index (χ1n) is 4.42. The van der Waals surface area contributed by atoms with Crippen LogP contribution in [0.5, 0.6) is 0 Å². The lowest BCUT2D eigenvalue weighted by Crippen LogP contribution is -1.84. The molecule has 0 unspecified atom stereocenters. The monoisotopic (exact) mass is 176 g/mol. The van der Waals surface area contributed by atoms with Gasteiger partial charge in [0.15, 0.2) is 0 Å². The standard InChI is InChI=1S/C10H12N2O/c1-2-9-8-5-3-4-7(6-13)10(8)12-11-9/h3-5,13H,2,6H2,1H3,(H,11,12). The summed E-state index contributed by atoms with van der Waals surface area (Å²) in [6.45, 7) is 2.13. The number of H-pyrrole nitrogens is 1. The minimum atomic E-state index is 0.0470. The Morgan fingerprint density at radius 1 is 1.46 bits per heavy atom. The van der Waals surface area contributed by atoms with Gasteiger partial charge in [-0.3, -0.25) is 5.10 Å². The summed E-state index contributed by atoms with van der Waals surface area (Å²) in [4.78, 5) is 0. The number of aromatic amines is 1. The lowest BCUT2D eigenvalue weighted by atomic mass is 10.1. The molecule has 1 heterocycles. The van der Waals surface area contributed by atoms with Gasteiger partial charge < -0.3 is 5.11 Å². The fourth-order valence-corrected chi connectivity index (χ4v) is 1.55. The van der Waals surface area contributed by atoms with E-state index in [9.17, 15) is 0 Å². The van der Waals surface area contributed by atoms with Crippen molar-refractivity contribution >= 4 is 10.9 Å². The van der Waals surface area contributed by atoms with E-state index in [1.807, 2.05) is 18.2 Å². The highest BCUT2D eigenvalue weighted by Crippen LogP contribution is 2.19. The molecule has 0 aliphatic heterocycles. The van der Waals surface area contributed by atoms with Gasteiger partial charge in [0.2, 0.25) is 0 Å². The van der Waals surface area contributed by atoms with Crippen molar-refractivity contribution in [3.05, 3.63) is 29.5 Å². The average Bonchev–Trinajstić information content (AvgIpc) is 2.60. The fraction of sp³-hybridized carbons (Fsp3) is 0.300. The van der Waals surface area contributed by atoms with Crippen LogP contribution in [0.15, 0.2) is 18.2 Å². The Morgan fingerprint density at radius 2 is 2.31 bits per heavy atom. The molecule has 0 bridgehead atoms. The smallest absolute Gasteiger partial charge is 0.0978 e. The molecule has 0 spiro atoms. The molecule has 13 heavy (non-hydrogen) atoms. The predicted octanol–water partition coefficient (Wildman–Crippen LogP) is 1.62. The lowest BCUT2D eigenvalue weighted by Gasteiger charge is -1.96. The van der Waals surface area contributed by atoms with Crippen LogP contribution in [0.1, 0.15) is 18.2 Å². The van der Waals surface area contributed by atoms with Crippen LogP contribution < -0.4 is 0 Å². The molecule has 2 rings (SSSR count). The van der Waals surface area contributed by atoms with Gasteiger partial charge in [-0.05, 0) is 6.42 Å². The van der Waals surface area contributed by atoms with Crippen LogP contribution in [0, 0.1) is 0 Å². The number of aliphatic hydroxyl groups is 1. The predicted molar refractivity (Wildman–Crippen MR) is 51.4 cm³/mol. The van der Waals surface area contributed by atoms with Crippen molar-refractivity contribution < 1.29 is 5.11 Å². The molecule has 3 nitrogen and oxygen atoms in total. The Labute approximate surface area is 76.4 Å². The summed E-state index contributed by atoms with van der Waals surface area (Å²) in [5.74, 6) is 0. The molecule has 0 atom stereocenters. The molecule has 2 aromatic rings. The fourth-order valence-electron chi connectivity index (χ4n) is 1.55. The van der Waals surface area contributed by atoms with Crippen molar-refractivity contribution in [2.75, 3.05) is 0 Å². The zero-order valence-corrected chi connectivity index (χ0v) is 7.54. The van der Waals surface area contributed by atoms with E-state index >= 15 is 0 Å². The molecule has 2 N–H and O–H groups in total. The van der Waals surface area contributed by atoms with E-state index in [0.29, 0.717) is 0 Å². The largest absolute Gasteiger partial charge is 0.392 e. The van der Waals surface area contributed by atoms with E-state index < -0.39 is 0 Å². The van der Waals surface area contributed by atoms with Crippen LogP contribution in [-0.4, -0.2) is 15.3 Å². The first kappa shape index (κ1) is 8.26. The topological polar surface area (TPSA) is 48.9 Å². The van der Waals surface area contributed by atoms with Crippen molar-refractivity contribution in [2.24, 2.45) is 0 Å². The molecule has 0 aliphatic rings. The summed E-state index contributed by atoms with van der Waals surface area (Å²) >= 11 is 0. The Morgan fingerprint density at radius 3 is 3.00 bits per heavy atom. The number of rotatable bonds is 2. The maximum absolute atomic E-state index is 9.06. The summed E-state index contributed by atoms with van der Waals surface area (Å²) in [6.07, 6.45) is 0.936. The van der Waals surface area contributed by atoms with Crippen LogP contribution in [0.3, 0.4) is 0 Å². The van der Waals surface area contributed by atoms with Gasteiger partial charge >= 0.3 is 0 Å². The van der Waals surface area contributed by atoms with Crippen molar-refractivity contribution in [3.63, 3.8) is 0 Å². The highest BCUT2D eigenvalue weighted by Gasteiger charge is 2.06. The van der Waals surface area contributed by atoms with E-state index in [4.69, 9.17) is 5.11 Å². The number of fused-ring (bicyclic) bond motifs is 1. The highest BCUT2D eigenvalue weighted by molar-refractivity contribution is 5.84. The third-order valence-corrected chi connectivity index (χ3v) is 2.27. The molecule has 3 heteroatoms. The second-order valence-electron chi connectivity index (χ2n) is 3.03. The van der Waals surface area contributed by atoms with Crippen molar-refractivity contribution in [1.82, 2.24) is 10.2 Å². The summed E-state index contributed by atoms with van der Waals surface area (Å²) in [5, 5.41) is 17.3. The van der Waals surface area contributed by atoms with Gasteiger partial charge in [-0.25, -0.2) is 0 Å². The maximum Gasteiger partial charge on any atom is 0.0978 e. The quantitative estimate of drug-likeness (QED) is 0.730. The van der Waals surface area contributed by atoms with E-state index in [1.54, 1.807) is 0 Å². The van der Waals surface area contributed by atoms with Gasteiger partial charge in [-0.2, -0.15) is 5.10 Å². The number of benzene rings is 1. The van der Waals surface area contributed by atoms with Gasteiger partial charge in [0.25, 0.3) is 0 Å². The minimum absolute atomic E-state index is 0.0470. The third-order valence-electron chi connectivity index (χ3n) is 2.27. The number of aliphatic hydroxyl groups excluding tert-OH is 1. The zero-order chi connectivity index (χ0) is 9.26. The van der Waals surface area contributed by atoms with Crippen LogP contribution in [-0.2, 0) is 13.0 Å². The number of hydrogen-bond donors (Lipinski definition) is 2. The third kappa shape index (κ3) is 1.21. The minimum Gasteiger partial charge on any atom is -0.392 e. The lowest BCUT2D eigenvalue weighted by molar-refractivity contribution is 0.283. The van der Waals surface area contributed by atoms with Crippen molar-refractivity contribution in [1.29, 1.82) is 0 Å². The molecule has 1 aromatic heterocycles. The Hall–Kier alpha value is -1.35. The number of para-hydroxylation sites is 1. The van der Waals surface area contributed by atoms with Crippen molar-refractivity contribution in [2.45, 2.75) is 20.0 Å². The molecule has 0 saturated carbocycles. The van der Waals surface area contributed by atoms with E-state index in [-0.39, 0.29) is 6.61 Å². The average molecular weight is 176 g/mol. The normalized spacial score (nSPS) is 10.9. The summed E-state index contributed by atoms with van der Waals surface area (Å²) in [7, 11) is 0. The number of hydrogen-bond acceptors (Lipinski definition) is 2. The second-order valence-corrected chi connectivity index (χ2v) is 3.03. The number of nitrogens with one attached hydrogen (secondary N) is 1. The first-order chi connectivity index (χ1) is 6.36. The van der Waals surface area contributed by atoms with Gasteiger partial charge in [0.1, 0.15) is 0 Å². The molecular formula is C10H12N2O. The van der Waals surface area contributed by atoms with E-state index in [1.165, 1.54) is 0 Å². The Balaban J connectivity index is 2.72. The SMILES string of the molecule is CCc1[nH]nc2c(CO)cccc12. The molecule has 0 radical (unpaired) electrons. The molecule has 68 valence electrons. The Bertz CT molecular complexity index is 420. The van der Waals surface area contributed by atoms with Gasteiger partial charge in [-0.1, -0.05) is 25.1 Å². The summed E-state index contributed by atoms with van der Waals surface area (Å²) < 4.78 is 0. The van der Waals surface area contributed by atoms with Crippen LogP contribution >= 0.6 is 0 Å². The molecule has 0 amide bonds. The molecular weight excluding hydrogens is 164 g/mol. The van der Waals surface area contributed by atoms with E-state index in [2.05, 4.69) is 17.1 Å². The number of aryl methyl sites for hydroxylation is 1. The summed E-state index contributed by atoms with van der Waals surface area (Å²) in [6, 6.07) is 5.86. The van der Waals surface area contributed by atoms with Gasteiger partial charge in [0.05, 0.1) is 12.1 Å². The number of aromatic nitrogens is 2. The van der Waals surface area contributed by atoms with Gasteiger partial charge in [-0.15, -0.1) is 0 Å². The molecule has 0 fully saturated rings. The maximum atomic E-state index is 9.06. The van der Waals surface area contributed by atoms with Crippen molar-refractivity contribution in [3.8, 4) is 0 Å². The second kappa shape index (κ2) is 3.18. The van der Waals surface area contributed by atoms with Crippen LogP contribution in [0.4, 0.5) is 0 Å². The van der Waals surface area contributed by atoms with E-state index in [0.717, 1.165) is 28.6 Å². The molecule has 0 aliphatic carbocycles. The van der Waals surface area contributed by atoms with Gasteiger partial charge in [0, 0.05) is 16.6 Å². The zero-order valence-electron chi connectivity index (χ0n) is 7.54. The first-order valence-corrected chi connectivity index (χ1v) is 4.42. The Kier molecular flexibility index (Phi) is 2.02. The van der Waals surface area contributed by atoms with Crippen LogP contribution in [0.25, 0.3) is 10.9 Å². The highest BCUT2D eigenvalue weighted by atomic mass is 16.3. The number of nitrogens with zero attached hydrogens (tertiary/aromatic N) is 1. The van der Waals surface area contributed by atoms with Crippen LogP contribution in [0.2, 0.25) is 0 Å².